The van der Waals surface area contributed by atoms with E-state index in [1.54, 1.807) is 19.1 Å². The topological polar surface area (TPSA) is 79.5 Å². The number of rotatable bonds is 3. The smallest absolute Gasteiger partial charge is 0.340 e. The van der Waals surface area contributed by atoms with Crippen LogP contribution in [0.3, 0.4) is 0 Å². The first-order valence-electron chi connectivity index (χ1n) is 9.01. The lowest BCUT2D eigenvalue weighted by Gasteiger charge is -2.16. The van der Waals surface area contributed by atoms with E-state index in [1.165, 1.54) is 12.8 Å². The van der Waals surface area contributed by atoms with Gasteiger partial charge in [-0.3, -0.25) is 4.79 Å². The van der Waals surface area contributed by atoms with Crippen molar-refractivity contribution in [3.8, 4) is 5.75 Å². The second-order valence-electron chi connectivity index (χ2n) is 7.08. The molecule has 25 heavy (non-hydrogen) atoms. The summed E-state index contributed by atoms with van der Waals surface area (Å²) in [6.45, 7) is 3.57. The lowest BCUT2D eigenvalue weighted by Crippen LogP contribution is -2.36. The van der Waals surface area contributed by atoms with Gasteiger partial charge in [-0.05, 0) is 49.9 Å². The van der Waals surface area contributed by atoms with Crippen LogP contribution in [0.4, 0.5) is 0 Å². The minimum atomic E-state index is -0.508. The molecule has 1 amide bonds. The highest BCUT2D eigenvalue weighted by Crippen LogP contribution is 2.30. The van der Waals surface area contributed by atoms with Crippen LogP contribution in [-0.4, -0.2) is 17.1 Å². The van der Waals surface area contributed by atoms with Crippen LogP contribution in [0.1, 0.15) is 55.2 Å². The van der Waals surface area contributed by atoms with Gasteiger partial charge >= 0.3 is 5.63 Å². The second-order valence-corrected chi connectivity index (χ2v) is 7.08. The van der Waals surface area contributed by atoms with Crippen LogP contribution in [0.2, 0.25) is 0 Å². The molecule has 2 aromatic rings. The summed E-state index contributed by atoms with van der Waals surface area (Å²) >= 11 is 0. The zero-order valence-corrected chi connectivity index (χ0v) is 14.9. The van der Waals surface area contributed by atoms with E-state index in [1.807, 2.05) is 6.92 Å². The number of aromatic hydroxyl groups is 1. The molecule has 134 valence electrons. The summed E-state index contributed by atoms with van der Waals surface area (Å²) in [6.07, 6.45) is 6.68. The van der Waals surface area contributed by atoms with Gasteiger partial charge in [0.05, 0.1) is 17.4 Å². The van der Waals surface area contributed by atoms with Crippen LogP contribution < -0.4 is 10.9 Å². The van der Waals surface area contributed by atoms with E-state index in [-0.39, 0.29) is 24.1 Å². The molecule has 1 aliphatic rings. The quantitative estimate of drug-likeness (QED) is 0.660. The van der Waals surface area contributed by atoms with E-state index < -0.39 is 5.63 Å². The Morgan fingerprint density at radius 3 is 2.56 bits per heavy atom. The van der Waals surface area contributed by atoms with Crippen molar-refractivity contribution in [2.75, 3.05) is 0 Å². The van der Waals surface area contributed by atoms with E-state index >= 15 is 0 Å². The molecule has 1 saturated carbocycles. The maximum absolute atomic E-state index is 12.4. The third-order valence-corrected chi connectivity index (χ3v) is 5.06. The molecular formula is C20H25NO4. The molecule has 2 N–H and O–H groups in total. The highest BCUT2D eigenvalue weighted by atomic mass is 16.4. The first-order valence-corrected chi connectivity index (χ1v) is 9.01. The normalized spacial score (nSPS) is 15.9. The standard InChI is InChI=1S/C20H25NO4/c1-12-9-16(22)19-13(2)15(20(24)25-17(19)10-12)11-18(23)21-14-7-5-3-4-6-8-14/h9-10,14,22H,3-8,11H2,1-2H3,(H,21,23). The Kier molecular flexibility index (Phi) is 5.11. The summed E-state index contributed by atoms with van der Waals surface area (Å²) in [5, 5.41) is 13.8. The summed E-state index contributed by atoms with van der Waals surface area (Å²) in [5.74, 6) is -0.0880. The van der Waals surface area contributed by atoms with Crippen LogP contribution >= 0.6 is 0 Å². The molecule has 5 nitrogen and oxygen atoms in total. The number of nitrogens with one attached hydrogen (secondary N) is 1. The fraction of sp³-hybridized carbons (Fsp3) is 0.500. The molecule has 1 aromatic heterocycles. The Morgan fingerprint density at radius 1 is 1.20 bits per heavy atom. The van der Waals surface area contributed by atoms with E-state index in [0.29, 0.717) is 22.1 Å². The highest BCUT2D eigenvalue weighted by Gasteiger charge is 2.20. The highest BCUT2D eigenvalue weighted by molar-refractivity contribution is 5.89. The molecule has 0 atom stereocenters. The summed E-state index contributed by atoms with van der Waals surface area (Å²) < 4.78 is 5.35. The van der Waals surface area contributed by atoms with Crippen molar-refractivity contribution in [2.45, 2.75) is 64.8 Å². The summed E-state index contributed by atoms with van der Waals surface area (Å²) in [6, 6.07) is 3.54. The lowest BCUT2D eigenvalue weighted by molar-refractivity contribution is -0.121. The van der Waals surface area contributed by atoms with Gasteiger partial charge < -0.3 is 14.8 Å². The van der Waals surface area contributed by atoms with Gasteiger partial charge in [0.2, 0.25) is 5.91 Å². The Hall–Kier alpha value is -2.30. The van der Waals surface area contributed by atoms with Crippen LogP contribution in [0.15, 0.2) is 21.3 Å². The largest absolute Gasteiger partial charge is 0.507 e. The molecule has 0 saturated heterocycles. The third kappa shape index (κ3) is 3.86. The number of hydrogen-bond donors (Lipinski definition) is 2. The fourth-order valence-corrected chi connectivity index (χ4v) is 3.73. The van der Waals surface area contributed by atoms with Crippen LogP contribution in [0.5, 0.6) is 5.75 Å². The van der Waals surface area contributed by atoms with Crippen LogP contribution in [-0.2, 0) is 11.2 Å². The van der Waals surface area contributed by atoms with Crippen molar-refractivity contribution in [2.24, 2.45) is 0 Å². The van der Waals surface area contributed by atoms with E-state index in [0.717, 1.165) is 31.2 Å². The average Bonchev–Trinajstić information content (AvgIpc) is 2.79. The molecule has 1 heterocycles. The number of benzene rings is 1. The zero-order valence-electron chi connectivity index (χ0n) is 14.9. The SMILES string of the molecule is Cc1cc(O)c2c(C)c(CC(=O)NC3CCCCCC3)c(=O)oc2c1. The lowest BCUT2D eigenvalue weighted by atomic mass is 10.0. The molecule has 0 spiro atoms. The molecule has 1 aliphatic carbocycles. The third-order valence-electron chi connectivity index (χ3n) is 5.06. The predicted octanol–water partition coefficient (Wildman–Crippen LogP) is 3.50. The summed E-state index contributed by atoms with van der Waals surface area (Å²) in [7, 11) is 0. The summed E-state index contributed by atoms with van der Waals surface area (Å²) in [4.78, 5) is 24.7. The number of carbonyl (C=O) groups excluding carboxylic acids is 1. The monoisotopic (exact) mass is 343 g/mol. The molecule has 0 bridgehead atoms. The van der Waals surface area contributed by atoms with Crippen molar-refractivity contribution >= 4 is 16.9 Å². The van der Waals surface area contributed by atoms with Gasteiger partial charge in [-0.25, -0.2) is 4.79 Å². The van der Waals surface area contributed by atoms with Crippen molar-refractivity contribution < 1.29 is 14.3 Å². The predicted molar refractivity (Wildman–Crippen MR) is 97.0 cm³/mol. The molecular weight excluding hydrogens is 318 g/mol. The average molecular weight is 343 g/mol. The van der Waals surface area contributed by atoms with Crippen LogP contribution in [0.25, 0.3) is 11.0 Å². The van der Waals surface area contributed by atoms with E-state index in [4.69, 9.17) is 4.42 Å². The number of phenols is 1. The Balaban J connectivity index is 1.85. The Labute approximate surface area is 147 Å². The van der Waals surface area contributed by atoms with E-state index in [9.17, 15) is 14.7 Å². The van der Waals surface area contributed by atoms with Crippen molar-refractivity contribution in [3.63, 3.8) is 0 Å². The zero-order chi connectivity index (χ0) is 18.0. The molecule has 3 rings (SSSR count). The fourth-order valence-electron chi connectivity index (χ4n) is 3.73. The Morgan fingerprint density at radius 2 is 1.88 bits per heavy atom. The maximum Gasteiger partial charge on any atom is 0.340 e. The number of carbonyl (C=O) groups is 1. The van der Waals surface area contributed by atoms with Gasteiger partial charge in [-0.15, -0.1) is 0 Å². The van der Waals surface area contributed by atoms with Crippen molar-refractivity contribution in [1.29, 1.82) is 0 Å². The van der Waals surface area contributed by atoms with Crippen LogP contribution in [0, 0.1) is 13.8 Å². The first kappa shape index (κ1) is 17.5. The van der Waals surface area contributed by atoms with Gasteiger partial charge in [0.25, 0.3) is 0 Å². The van der Waals surface area contributed by atoms with E-state index in [2.05, 4.69) is 5.32 Å². The molecule has 0 radical (unpaired) electrons. The van der Waals surface area contributed by atoms with Gasteiger partial charge in [-0.1, -0.05) is 25.7 Å². The molecule has 0 unspecified atom stereocenters. The Bertz CT molecular complexity index is 845. The molecule has 1 aromatic carbocycles. The number of phenolic OH excluding ortho intramolecular Hbond substituents is 1. The maximum atomic E-state index is 12.4. The first-order chi connectivity index (χ1) is 12.0. The van der Waals surface area contributed by atoms with Gasteiger partial charge in [-0.2, -0.15) is 0 Å². The minimum Gasteiger partial charge on any atom is -0.507 e. The minimum absolute atomic E-state index is 0.0199. The second kappa shape index (κ2) is 7.30. The molecule has 0 aliphatic heterocycles. The van der Waals surface area contributed by atoms with Gasteiger partial charge in [0.1, 0.15) is 11.3 Å². The number of fused-ring (bicyclic) bond motifs is 1. The summed E-state index contributed by atoms with van der Waals surface area (Å²) in [5.41, 5.74) is 1.59. The van der Waals surface area contributed by atoms with Gasteiger partial charge in [0, 0.05) is 6.04 Å². The van der Waals surface area contributed by atoms with Gasteiger partial charge in [0.15, 0.2) is 0 Å². The molecule has 5 heteroatoms. The van der Waals surface area contributed by atoms with Crippen molar-refractivity contribution in [3.05, 3.63) is 39.2 Å². The van der Waals surface area contributed by atoms with Crippen molar-refractivity contribution in [1.82, 2.24) is 5.32 Å². The number of hydrogen-bond acceptors (Lipinski definition) is 4. The molecule has 1 fully saturated rings. The number of aryl methyl sites for hydroxylation is 2. The number of amides is 1.